The topological polar surface area (TPSA) is 43.1 Å². The maximum absolute atomic E-state index is 13.6. The Kier molecular flexibility index (Phi) is 4.17. The Bertz CT molecular complexity index is 608. The zero-order chi connectivity index (χ0) is 14.0. The number of rotatable bonds is 3. The summed E-state index contributed by atoms with van der Waals surface area (Å²) >= 11 is 5.72. The van der Waals surface area contributed by atoms with E-state index in [0.717, 1.165) is 12.1 Å². The number of halogens is 3. The third-order valence-corrected chi connectivity index (χ3v) is 4.15. The predicted molar refractivity (Wildman–Crippen MR) is 72.3 cm³/mol. The first kappa shape index (κ1) is 14.0. The number of benzene rings is 2. The molecule has 19 heavy (non-hydrogen) atoms. The van der Waals surface area contributed by atoms with Crippen LogP contribution in [-0.4, -0.2) is 4.21 Å². The molecule has 0 saturated carbocycles. The summed E-state index contributed by atoms with van der Waals surface area (Å²) in [6, 6.07) is 8.49. The summed E-state index contributed by atoms with van der Waals surface area (Å²) in [6.07, 6.45) is 0. The minimum absolute atomic E-state index is 0.00886. The van der Waals surface area contributed by atoms with E-state index >= 15 is 0 Å². The molecule has 2 aromatic rings. The molecule has 100 valence electrons. The second kappa shape index (κ2) is 5.67. The van der Waals surface area contributed by atoms with E-state index in [1.807, 2.05) is 0 Å². The second-order valence-corrected chi connectivity index (χ2v) is 5.75. The molecule has 0 aliphatic rings. The highest BCUT2D eigenvalue weighted by molar-refractivity contribution is 7.84. The van der Waals surface area contributed by atoms with Crippen molar-refractivity contribution < 1.29 is 13.0 Å². The van der Waals surface area contributed by atoms with E-state index < -0.39 is 27.3 Å². The number of anilines is 1. The monoisotopic (exact) mass is 301 g/mol. The van der Waals surface area contributed by atoms with Crippen molar-refractivity contribution in [3.63, 3.8) is 0 Å². The molecule has 0 saturated heterocycles. The fourth-order valence-corrected chi connectivity index (χ4v) is 2.92. The van der Waals surface area contributed by atoms with Gasteiger partial charge in [0.2, 0.25) is 0 Å². The van der Waals surface area contributed by atoms with Gasteiger partial charge in [-0.2, -0.15) is 0 Å². The Morgan fingerprint density at radius 2 is 1.63 bits per heavy atom. The molecule has 0 amide bonds. The largest absolute Gasteiger partial charge is 0.399 e. The molecule has 0 radical (unpaired) electrons. The summed E-state index contributed by atoms with van der Waals surface area (Å²) in [7, 11) is -1.82. The Balaban J connectivity index is 2.28. The third kappa shape index (κ3) is 3.30. The Morgan fingerprint density at radius 1 is 1.11 bits per heavy atom. The van der Waals surface area contributed by atoms with Crippen molar-refractivity contribution in [2.75, 3.05) is 5.73 Å². The van der Waals surface area contributed by atoms with Gasteiger partial charge in [0.1, 0.15) is 16.5 Å². The van der Waals surface area contributed by atoms with Crippen LogP contribution in [0.25, 0.3) is 0 Å². The summed E-state index contributed by atoms with van der Waals surface area (Å²) in [5.74, 6) is -1.79. The van der Waals surface area contributed by atoms with Gasteiger partial charge in [-0.1, -0.05) is 23.7 Å². The smallest absolute Gasteiger partial charge is 0.144 e. The molecule has 6 heteroatoms. The van der Waals surface area contributed by atoms with Crippen LogP contribution in [0.15, 0.2) is 41.3 Å². The molecule has 2 aromatic carbocycles. The van der Waals surface area contributed by atoms with Crippen molar-refractivity contribution in [3.8, 4) is 0 Å². The maximum atomic E-state index is 13.6. The summed E-state index contributed by atoms with van der Waals surface area (Å²) in [5, 5.41) is 0.541. The van der Waals surface area contributed by atoms with Crippen LogP contribution in [0.1, 0.15) is 5.56 Å². The van der Waals surface area contributed by atoms with Crippen molar-refractivity contribution in [2.45, 2.75) is 10.6 Å². The number of nitrogens with two attached hydrogens (primary N) is 1. The van der Waals surface area contributed by atoms with E-state index in [1.165, 1.54) is 0 Å². The van der Waals surface area contributed by atoms with E-state index in [4.69, 9.17) is 17.3 Å². The zero-order valence-corrected chi connectivity index (χ0v) is 11.3. The van der Waals surface area contributed by atoms with Gasteiger partial charge in [-0.3, -0.25) is 4.21 Å². The van der Waals surface area contributed by atoms with Crippen LogP contribution in [0.5, 0.6) is 0 Å². The van der Waals surface area contributed by atoms with E-state index in [1.54, 1.807) is 24.3 Å². The highest BCUT2D eigenvalue weighted by Gasteiger charge is 2.17. The number of nitrogen functional groups attached to an aromatic ring is 1. The SMILES string of the molecule is Nc1cc(F)c(S(=O)Cc2ccc(Cl)cc2)c(F)c1. The lowest BCUT2D eigenvalue weighted by atomic mass is 10.2. The molecule has 1 unspecified atom stereocenters. The standard InChI is InChI=1S/C13H10ClF2NOS/c14-9-3-1-8(2-4-9)7-19(18)13-11(15)5-10(17)6-12(13)16/h1-6H,7,17H2. The van der Waals surface area contributed by atoms with E-state index in [0.29, 0.717) is 10.6 Å². The van der Waals surface area contributed by atoms with Gasteiger partial charge >= 0.3 is 0 Å². The highest BCUT2D eigenvalue weighted by atomic mass is 35.5. The molecular formula is C13H10ClF2NOS. The first-order valence-corrected chi connectivity index (χ1v) is 7.04. The molecule has 0 aromatic heterocycles. The zero-order valence-electron chi connectivity index (χ0n) is 9.70. The molecule has 1 atom stereocenters. The van der Waals surface area contributed by atoms with Gasteiger partial charge in [-0.15, -0.1) is 0 Å². The molecule has 2 rings (SSSR count). The van der Waals surface area contributed by atoms with Gasteiger partial charge < -0.3 is 5.73 Å². The van der Waals surface area contributed by atoms with Gasteiger partial charge in [0.15, 0.2) is 0 Å². The Hall–Kier alpha value is -1.46. The highest BCUT2D eigenvalue weighted by Crippen LogP contribution is 2.22. The fraction of sp³-hybridized carbons (Fsp3) is 0.0769. The molecule has 2 nitrogen and oxygen atoms in total. The van der Waals surface area contributed by atoms with Crippen molar-refractivity contribution in [1.29, 1.82) is 0 Å². The van der Waals surface area contributed by atoms with Gasteiger partial charge in [0.05, 0.1) is 16.6 Å². The first-order valence-electron chi connectivity index (χ1n) is 5.34. The first-order chi connectivity index (χ1) is 8.97. The van der Waals surface area contributed by atoms with Crippen molar-refractivity contribution in [1.82, 2.24) is 0 Å². The number of hydrogen-bond donors (Lipinski definition) is 1. The van der Waals surface area contributed by atoms with Crippen LogP contribution in [0.2, 0.25) is 5.02 Å². The predicted octanol–water partition coefficient (Wildman–Crippen LogP) is 3.51. The molecule has 0 spiro atoms. The van der Waals surface area contributed by atoms with Crippen molar-refractivity contribution in [2.24, 2.45) is 0 Å². The van der Waals surface area contributed by atoms with Crippen LogP contribution in [0.3, 0.4) is 0 Å². The van der Waals surface area contributed by atoms with E-state index in [-0.39, 0.29) is 11.4 Å². The summed E-state index contributed by atoms with van der Waals surface area (Å²) in [6.45, 7) is 0. The third-order valence-electron chi connectivity index (χ3n) is 2.46. The number of hydrogen-bond acceptors (Lipinski definition) is 2. The average Bonchev–Trinajstić information content (AvgIpc) is 2.30. The molecule has 0 fully saturated rings. The minimum Gasteiger partial charge on any atom is -0.399 e. The molecule has 0 aliphatic heterocycles. The molecule has 2 N–H and O–H groups in total. The average molecular weight is 302 g/mol. The Morgan fingerprint density at radius 3 is 2.16 bits per heavy atom. The van der Waals surface area contributed by atoms with Crippen LogP contribution < -0.4 is 5.73 Å². The van der Waals surface area contributed by atoms with Gasteiger partial charge in [0, 0.05) is 10.7 Å². The van der Waals surface area contributed by atoms with Gasteiger partial charge in [0.25, 0.3) is 0 Å². The summed E-state index contributed by atoms with van der Waals surface area (Å²) in [5.41, 5.74) is 5.94. The normalized spacial score (nSPS) is 12.4. The van der Waals surface area contributed by atoms with E-state index in [9.17, 15) is 13.0 Å². The molecule has 0 heterocycles. The van der Waals surface area contributed by atoms with Crippen molar-refractivity contribution in [3.05, 3.63) is 58.6 Å². The second-order valence-electron chi connectivity index (χ2n) is 3.93. The van der Waals surface area contributed by atoms with Crippen LogP contribution >= 0.6 is 11.6 Å². The fourth-order valence-electron chi connectivity index (χ4n) is 1.60. The quantitative estimate of drug-likeness (QED) is 0.882. The summed E-state index contributed by atoms with van der Waals surface area (Å²) in [4.78, 5) is -0.454. The van der Waals surface area contributed by atoms with E-state index in [2.05, 4.69) is 0 Å². The lowest BCUT2D eigenvalue weighted by Crippen LogP contribution is -2.04. The van der Waals surface area contributed by atoms with Gasteiger partial charge in [-0.25, -0.2) is 8.78 Å². The minimum atomic E-state index is -1.82. The van der Waals surface area contributed by atoms with Crippen LogP contribution in [0, 0.1) is 11.6 Å². The van der Waals surface area contributed by atoms with Crippen LogP contribution in [-0.2, 0) is 16.6 Å². The van der Waals surface area contributed by atoms with Crippen LogP contribution in [0.4, 0.5) is 14.5 Å². The lowest BCUT2D eigenvalue weighted by molar-refractivity contribution is 0.535. The lowest BCUT2D eigenvalue weighted by Gasteiger charge is -2.06. The summed E-state index contributed by atoms with van der Waals surface area (Å²) < 4.78 is 39.2. The van der Waals surface area contributed by atoms with Crippen molar-refractivity contribution >= 4 is 28.1 Å². The molecule has 0 aliphatic carbocycles. The molecular weight excluding hydrogens is 292 g/mol. The van der Waals surface area contributed by atoms with Gasteiger partial charge in [-0.05, 0) is 29.8 Å². The molecule has 0 bridgehead atoms. The Labute approximate surface area is 116 Å². The maximum Gasteiger partial charge on any atom is 0.144 e.